The van der Waals surface area contributed by atoms with Gasteiger partial charge in [0.2, 0.25) is 0 Å². The average Bonchev–Trinajstić information content (AvgIpc) is 2.28. The van der Waals surface area contributed by atoms with Crippen molar-refractivity contribution in [1.82, 2.24) is 4.98 Å². The number of ether oxygens (including phenoxy) is 1. The molecule has 3 nitrogen and oxygen atoms in total. The molecule has 2 aromatic rings. The second kappa shape index (κ2) is 5.38. The number of nitrogens with two attached hydrogens (primary N) is 1. The van der Waals surface area contributed by atoms with Crippen LogP contribution in [0.15, 0.2) is 41.0 Å². The van der Waals surface area contributed by atoms with E-state index in [1.54, 1.807) is 30.5 Å². The van der Waals surface area contributed by atoms with Crippen molar-refractivity contribution in [2.75, 3.05) is 5.73 Å². The summed E-state index contributed by atoms with van der Waals surface area (Å²) in [6.07, 6.45) is 1.65. The minimum atomic E-state index is 0.340. The van der Waals surface area contributed by atoms with Gasteiger partial charge in [0.15, 0.2) is 0 Å². The van der Waals surface area contributed by atoms with E-state index in [9.17, 15) is 0 Å². The zero-order chi connectivity index (χ0) is 12.3. The molecule has 0 amide bonds. The molecular weight excluding hydrogens is 304 g/mol. The lowest BCUT2D eigenvalue weighted by Crippen LogP contribution is -1.99. The minimum Gasteiger partial charge on any atom is -0.486 e. The third kappa shape index (κ3) is 3.35. The van der Waals surface area contributed by atoms with Gasteiger partial charge in [0.25, 0.3) is 0 Å². The lowest BCUT2D eigenvalue weighted by atomic mass is 10.3. The van der Waals surface area contributed by atoms with Crippen LogP contribution < -0.4 is 10.5 Å². The van der Waals surface area contributed by atoms with Gasteiger partial charge < -0.3 is 10.5 Å². The SMILES string of the molecule is Nc1ccnc(COc2ccc(Br)cc2Cl)c1. The molecule has 0 atom stereocenters. The molecule has 0 spiro atoms. The summed E-state index contributed by atoms with van der Waals surface area (Å²) in [5.74, 6) is 0.624. The minimum absolute atomic E-state index is 0.340. The van der Waals surface area contributed by atoms with Crippen LogP contribution in [0.25, 0.3) is 0 Å². The molecule has 2 rings (SSSR count). The van der Waals surface area contributed by atoms with Crippen molar-refractivity contribution in [3.8, 4) is 5.75 Å². The second-order valence-electron chi connectivity index (χ2n) is 3.44. The molecule has 0 fully saturated rings. The first-order chi connectivity index (χ1) is 8.15. The molecule has 0 bridgehead atoms. The largest absolute Gasteiger partial charge is 0.486 e. The Hall–Kier alpha value is -1.26. The molecule has 17 heavy (non-hydrogen) atoms. The quantitative estimate of drug-likeness (QED) is 0.940. The second-order valence-corrected chi connectivity index (χ2v) is 4.77. The number of nitrogen functional groups attached to an aromatic ring is 1. The lowest BCUT2D eigenvalue weighted by Gasteiger charge is -2.08. The molecule has 0 radical (unpaired) electrons. The average molecular weight is 314 g/mol. The smallest absolute Gasteiger partial charge is 0.138 e. The molecule has 0 aliphatic rings. The fourth-order valence-electron chi connectivity index (χ4n) is 1.32. The molecule has 2 N–H and O–H groups in total. The fourth-order valence-corrected chi connectivity index (χ4v) is 2.05. The van der Waals surface area contributed by atoms with Gasteiger partial charge in [-0.05, 0) is 30.3 Å². The number of hydrogen-bond donors (Lipinski definition) is 1. The standard InChI is InChI=1S/C12H10BrClN2O/c13-8-1-2-12(11(14)5-8)17-7-10-6-9(15)3-4-16-10/h1-6H,7H2,(H2,15,16). The number of aromatic nitrogens is 1. The van der Waals surface area contributed by atoms with Gasteiger partial charge in [0.05, 0.1) is 10.7 Å². The van der Waals surface area contributed by atoms with Crippen LogP contribution in [-0.2, 0) is 6.61 Å². The Morgan fingerprint density at radius 3 is 2.82 bits per heavy atom. The Balaban J connectivity index is 2.07. The summed E-state index contributed by atoms with van der Waals surface area (Å²) in [4.78, 5) is 4.14. The van der Waals surface area contributed by atoms with Crippen LogP contribution in [0.5, 0.6) is 5.75 Å². The Morgan fingerprint density at radius 1 is 1.29 bits per heavy atom. The summed E-state index contributed by atoms with van der Waals surface area (Å²) in [7, 11) is 0. The zero-order valence-electron chi connectivity index (χ0n) is 8.86. The lowest BCUT2D eigenvalue weighted by molar-refractivity contribution is 0.301. The number of halogens is 2. The van der Waals surface area contributed by atoms with E-state index >= 15 is 0 Å². The van der Waals surface area contributed by atoms with Gasteiger partial charge in [0.1, 0.15) is 12.4 Å². The van der Waals surface area contributed by atoms with Crippen molar-refractivity contribution in [1.29, 1.82) is 0 Å². The number of hydrogen-bond acceptors (Lipinski definition) is 3. The Bertz CT molecular complexity index is 534. The third-order valence-electron chi connectivity index (χ3n) is 2.11. The molecule has 5 heteroatoms. The molecule has 0 aliphatic carbocycles. The van der Waals surface area contributed by atoms with Gasteiger partial charge in [0, 0.05) is 16.4 Å². The Labute approximate surface area is 113 Å². The number of benzene rings is 1. The highest BCUT2D eigenvalue weighted by Crippen LogP contribution is 2.28. The van der Waals surface area contributed by atoms with Gasteiger partial charge in [-0.25, -0.2) is 0 Å². The first kappa shape index (κ1) is 12.2. The zero-order valence-corrected chi connectivity index (χ0v) is 11.2. The van der Waals surface area contributed by atoms with E-state index in [1.807, 2.05) is 6.07 Å². The highest BCUT2D eigenvalue weighted by Gasteiger charge is 2.03. The van der Waals surface area contributed by atoms with Crippen molar-refractivity contribution in [3.63, 3.8) is 0 Å². The van der Waals surface area contributed by atoms with E-state index in [0.717, 1.165) is 10.2 Å². The van der Waals surface area contributed by atoms with Gasteiger partial charge in [-0.1, -0.05) is 27.5 Å². The van der Waals surface area contributed by atoms with Gasteiger partial charge in [-0.2, -0.15) is 0 Å². The first-order valence-corrected chi connectivity index (χ1v) is 6.10. The van der Waals surface area contributed by atoms with Crippen LogP contribution in [0, 0.1) is 0 Å². The van der Waals surface area contributed by atoms with Crippen molar-refractivity contribution in [3.05, 3.63) is 51.7 Å². The highest BCUT2D eigenvalue weighted by molar-refractivity contribution is 9.10. The number of rotatable bonds is 3. The molecule has 0 saturated heterocycles. The van der Waals surface area contributed by atoms with E-state index in [1.165, 1.54) is 0 Å². The Morgan fingerprint density at radius 2 is 2.12 bits per heavy atom. The molecule has 1 heterocycles. The van der Waals surface area contributed by atoms with Crippen molar-refractivity contribution < 1.29 is 4.74 Å². The van der Waals surface area contributed by atoms with Crippen molar-refractivity contribution in [2.24, 2.45) is 0 Å². The first-order valence-electron chi connectivity index (χ1n) is 4.93. The topological polar surface area (TPSA) is 48.1 Å². The fraction of sp³-hybridized carbons (Fsp3) is 0.0833. The van der Waals surface area contributed by atoms with Crippen LogP contribution in [0.1, 0.15) is 5.69 Å². The maximum Gasteiger partial charge on any atom is 0.138 e. The summed E-state index contributed by atoms with van der Waals surface area (Å²) in [6.45, 7) is 0.340. The number of nitrogens with zero attached hydrogens (tertiary/aromatic N) is 1. The van der Waals surface area contributed by atoms with E-state index < -0.39 is 0 Å². The van der Waals surface area contributed by atoms with Crippen molar-refractivity contribution >= 4 is 33.2 Å². The van der Waals surface area contributed by atoms with E-state index in [2.05, 4.69) is 20.9 Å². The van der Waals surface area contributed by atoms with Gasteiger partial charge in [-0.15, -0.1) is 0 Å². The third-order valence-corrected chi connectivity index (χ3v) is 2.90. The summed E-state index contributed by atoms with van der Waals surface area (Å²) in [6, 6.07) is 8.96. The predicted octanol–water partition coefficient (Wildman–Crippen LogP) is 3.66. The summed E-state index contributed by atoms with van der Waals surface area (Å²) < 4.78 is 6.48. The molecule has 0 unspecified atom stereocenters. The molecule has 0 saturated carbocycles. The van der Waals surface area contributed by atoms with Crippen LogP contribution in [0.2, 0.25) is 5.02 Å². The highest BCUT2D eigenvalue weighted by atomic mass is 79.9. The van der Waals surface area contributed by atoms with Crippen LogP contribution in [-0.4, -0.2) is 4.98 Å². The maximum atomic E-state index is 6.03. The van der Waals surface area contributed by atoms with Gasteiger partial charge in [-0.3, -0.25) is 4.98 Å². The normalized spacial score (nSPS) is 10.2. The van der Waals surface area contributed by atoms with E-state index in [4.69, 9.17) is 22.1 Å². The summed E-state index contributed by atoms with van der Waals surface area (Å²) in [5.41, 5.74) is 7.08. The van der Waals surface area contributed by atoms with E-state index in [-0.39, 0.29) is 0 Å². The molecule has 88 valence electrons. The Kier molecular flexibility index (Phi) is 3.86. The predicted molar refractivity (Wildman–Crippen MR) is 72.1 cm³/mol. The van der Waals surface area contributed by atoms with Gasteiger partial charge >= 0.3 is 0 Å². The monoisotopic (exact) mass is 312 g/mol. The van der Waals surface area contributed by atoms with E-state index in [0.29, 0.717) is 23.1 Å². The molecular formula is C12H10BrClN2O. The molecule has 0 aliphatic heterocycles. The van der Waals surface area contributed by atoms with Crippen molar-refractivity contribution in [2.45, 2.75) is 6.61 Å². The van der Waals surface area contributed by atoms with Crippen LogP contribution >= 0.6 is 27.5 Å². The van der Waals surface area contributed by atoms with Crippen LogP contribution in [0.3, 0.4) is 0 Å². The number of anilines is 1. The molecule has 1 aromatic carbocycles. The van der Waals surface area contributed by atoms with Crippen LogP contribution in [0.4, 0.5) is 5.69 Å². The summed E-state index contributed by atoms with van der Waals surface area (Å²) >= 11 is 9.36. The maximum absolute atomic E-state index is 6.03. The molecule has 1 aromatic heterocycles. The summed E-state index contributed by atoms with van der Waals surface area (Å²) in [5, 5.41) is 0.559. The number of pyridine rings is 1.